The minimum atomic E-state index is -3.34. The largest absolute Gasteiger partial charge is 0.480 e. The quantitative estimate of drug-likeness (QED) is 0.425. The molecule has 0 fully saturated rings. The van der Waals surface area contributed by atoms with E-state index >= 15 is 0 Å². The Hall–Kier alpha value is -1.69. The molecule has 31 heavy (non-hydrogen) atoms. The molecule has 0 amide bonds. The topological polar surface area (TPSA) is 78.7 Å². The summed E-state index contributed by atoms with van der Waals surface area (Å²) in [5.41, 5.74) is 0.974. The van der Waals surface area contributed by atoms with Gasteiger partial charge in [0.25, 0.3) is 0 Å². The minimum absolute atomic E-state index is 0.171. The van der Waals surface area contributed by atoms with Crippen LogP contribution in [0.4, 0.5) is 0 Å². The van der Waals surface area contributed by atoms with Crippen molar-refractivity contribution in [1.82, 2.24) is 0 Å². The highest BCUT2D eigenvalue weighted by molar-refractivity contribution is 7.53. The number of benzene rings is 1. The van der Waals surface area contributed by atoms with Gasteiger partial charge in [-0.15, -0.1) is 0 Å². The highest BCUT2D eigenvalue weighted by Crippen LogP contribution is 2.52. The number of aliphatic imine (C=N–C) groups is 2. The second-order valence-corrected chi connectivity index (χ2v) is 9.68. The third kappa shape index (κ3) is 6.90. The first-order valence-corrected chi connectivity index (χ1v) is 13.0. The van der Waals surface area contributed by atoms with Crippen molar-refractivity contribution < 1.29 is 23.1 Å². The van der Waals surface area contributed by atoms with E-state index in [0.717, 1.165) is 5.56 Å². The van der Waals surface area contributed by atoms with Gasteiger partial charge in [0.2, 0.25) is 11.8 Å². The van der Waals surface area contributed by atoms with Crippen molar-refractivity contribution >= 4 is 19.4 Å². The minimum Gasteiger partial charge on any atom is -0.480 e. The zero-order valence-electron chi connectivity index (χ0n) is 19.6. The number of rotatable bonds is 11. The Kier molecular flexibility index (Phi) is 10.2. The van der Waals surface area contributed by atoms with Crippen molar-refractivity contribution in [2.24, 2.45) is 15.9 Å². The van der Waals surface area contributed by atoms with Crippen molar-refractivity contribution in [3.8, 4) is 0 Å². The maximum Gasteiger partial charge on any atom is 0.331 e. The Morgan fingerprint density at radius 2 is 1.35 bits per heavy atom. The maximum absolute atomic E-state index is 13.5. The smallest absolute Gasteiger partial charge is 0.331 e. The second-order valence-electron chi connectivity index (χ2n) is 7.58. The van der Waals surface area contributed by atoms with Crippen LogP contribution in [0.25, 0.3) is 0 Å². The molecule has 0 saturated heterocycles. The van der Waals surface area contributed by atoms with Gasteiger partial charge in [-0.3, -0.25) is 4.57 Å². The lowest BCUT2D eigenvalue weighted by Gasteiger charge is -2.33. The van der Waals surface area contributed by atoms with Gasteiger partial charge in [-0.2, -0.15) is 0 Å². The van der Waals surface area contributed by atoms with Crippen LogP contribution in [-0.2, 0) is 23.1 Å². The molecule has 1 aromatic carbocycles. The lowest BCUT2D eigenvalue weighted by molar-refractivity contribution is 0.217. The van der Waals surface area contributed by atoms with Crippen LogP contribution in [0, 0.1) is 5.92 Å². The molecule has 1 aliphatic heterocycles. The first-order valence-electron chi connectivity index (χ1n) is 11.2. The molecule has 7 nitrogen and oxygen atoms in total. The Labute approximate surface area is 186 Å². The molecule has 0 aliphatic carbocycles. The molecule has 0 unspecified atom stereocenters. The zero-order valence-corrected chi connectivity index (χ0v) is 20.5. The van der Waals surface area contributed by atoms with Gasteiger partial charge in [0.05, 0.1) is 32.6 Å². The van der Waals surface area contributed by atoms with Crippen LogP contribution in [0.3, 0.4) is 0 Å². The van der Waals surface area contributed by atoms with E-state index in [1.54, 1.807) is 0 Å². The molecule has 1 aliphatic rings. The first-order chi connectivity index (χ1) is 14.9. The highest BCUT2D eigenvalue weighted by Gasteiger charge is 2.41. The van der Waals surface area contributed by atoms with Crippen molar-refractivity contribution in [2.45, 2.75) is 59.5 Å². The normalized spacial score (nSPS) is 20.2. The van der Waals surface area contributed by atoms with Crippen LogP contribution in [0.2, 0.25) is 0 Å². The summed E-state index contributed by atoms with van der Waals surface area (Å²) < 4.78 is 36.5. The predicted molar refractivity (Wildman–Crippen MR) is 125 cm³/mol. The van der Waals surface area contributed by atoms with E-state index in [9.17, 15) is 4.57 Å². The summed E-state index contributed by atoms with van der Waals surface area (Å²) >= 11 is 0. The molecule has 0 saturated carbocycles. The SMILES string of the molecule is CCOC1=N[C@H](C(C)C)C(OCC)=N[C@H]1[C@H](CP(=O)(OCC)OCC)c1ccccc1. The third-order valence-corrected chi connectivity index (χ3v) is 7.08. The number of hydrogen-bond donors (Lipinski definition) is 0. The molecule has 0 radical (unpaired) electrons. The van der Waals surface area contributed by atoms with Crippen molar-refractivity contribution in [2.75, 3.05) is 32.6 Å². The van der Waals surface area contributed by atoms with E-state index in [1.807, 2.05) is 58.0 Å². The van der Waals surface area contributed by atoms with Gasteiger partial charge in [-0.25, -0.2) is 9.98 Å². The molecule has 1 heterocycles. The number of hydrogen-bond acceptors (Lipinski definition) is 7. The first kappa shape index (κ1) is 25.6. The van der Waals surface area contributed by atoms with E-state index in [2.05, 4.69) is 13.8 Å². The average Bonchev–Trinajstić information content (AvgIpc) is 2.74. The van der Waals surface area contributed by atoms with Gasteiger partial charge >= 0.3 is 7.60 Å². The van der Waals surface area contributed by atoms with Gasteiger partial charge in [0.1, 0.15) is 12.1 Å². The summed E-state index contributed by atoms with van der Waals surface area (Å²) in [6, 6.07) is 9.18. The van der Waals surface area contributed by atoms with E-state index in [-0.39, 0.29) is 24.0 Å². The van der Waals surface area contributed by atoms with Crippen LogP contribution < -0.4 is 0 Å². The van der Waals surface area contributed by atoms with Crippen LogP contribution in [0.5, 0.6) is 0 Å². The average molecular weight is 453 g/mol. The Bertz CT molecular complexity index is 771. The van der Waals surface area contributed by atoms with E-state index < -0.39 is 13.6 Å². The van der Waals surface area contributed by atoms with Crippen LogP contribution in [0.15, 0.2) is 40.3 Å². The Morgan fingerprint density at radius 1 is 0.839 bits per heavy atom. The van der Waals surface area contributed by atoms with E-state index in [4.69, 9.17) is 28.5 Å². The lowest BCUT2D eigenvalue weighted by Crippen LogP contribution is -2.41. The number of ether oxygens (including phenoxy) is 2. The molecule has 3 atom stereocenters. The van der Waals surface area contributed by atoms with E-state index in [1.165, 1.54) is 0 Å². The molecule has 0 bridgehead atoms. The molecule has 8 heteroatoms. The van der Waals surface area contributed by atoms with Crippen LogP contribution in [0.1, 0.15) is 53.0 Å². The third-order valence-electron chi connectivity index (χ3n) is 4.94. The summed E-state index contributed by atoms with van der Waals surface area (Å²) in [4.78, 5) is 9.85. The van der Waals surface area contributed by atoms with Gasteiger partial charge < -0.3 is 18.5 Å². The maximum atomic E-state index is 13.5. The fraction of sp³-hybridized carbons (Fsp3) is 0.652. The summed E-state index contributed by atoms with van der Waals surface area (Å²) in [6.07, 6.45) is 0.171. The standard InChI is InChI=1S/C23H37N2O5P/c1-7-27-22-20(17(5)6)24-23(28-8-2)21(25-22)19(18-14-12-11-13-15-18)16-31(26,29-9-3)30-10-4/h11-15,17,19-21H,7-10,16H2,1-6H3/t19-,20-,21+/m1/s1. The molecule has 0 aromatic heterocycles. The van der Waals surface area contributed by atoms with Gasteiger partial charge in [-0.1, -0.05) is 44.2 Å². The monoisotopic (exact) mass is 452 g/mol. The molecule has 0 spiro atoms. The fourth-order valence-electron chi connectivity index (χ4n) is 3.64. The van der Waals surface area contributed by atoms with Crippen LogP contribution in [-0.4, -0.2) is 56.5 Å². The predicted octanol–water partition coefficient (Wildman–Crippen LogP) is 5.31. The molecule has 1 aromatic rings. The molecule has 174 valence electrons. The lowest BCUT2D eigenvalue weighted by atomic mass is 9.91. The van der Waals surface area contributed by atoms with Gasteiger partial charge in [-0.05, 0) is 39.2 Å². The van der Waals surface area contributed by atoms with Crippen molar-refractivity contribution in [3.63, 3.8) is 0 Å². The zero-order chi connectivity index (χ0) is 22.9. The van der Waals surface area contributed by atoms with Gasteiger partial charge in [0, 0.05) is 5.92 Å². The Morgan fingerprint density at radius 3 is 1.84 bits per heavy atom. The van der Waals surface area contributed by atoms with Gasteiger partial charge in [0.15, 0.2) is 0 Å². The number of nitrogens with zero attached hydrogens (tertiary/aromatic N) is 2. The molecular formula is C23H37N2O5P. The molecule has 2 rings (SSSR count). The van der Waals surface area contributed by atoms with Crippen molar-refractivity contribution in [3.05, 3.63) is 35.9 Å². The molecular weight excluding hydrogens is 415 g/mol. The van der Waals surface area contributed by atoms with Crippen molar-refractivity contribution in [1.29, 1.82) is 0 Å². The summed E-state index contributed by atoms with van der Waals surface area (Å²) in [5, 5.41) is 0. The highest BCUT2D eigenvalue weighted by atomic mass is 31.2. The summed E-state index contributed by atoms with van der Waals surface area (Å²) in [6.45, 7) is 13.2. The van der Waals surface area contributed by atoms with Crippen LogP contribution >= 0.6 is 7.60 Å². The van der Waals surface area contributed by atoms with E-state index in [0.29, 0.717) is 38.2 Å². The fourth-order valence-corrected chi connectivity index (χ4v) is 5.60. The second kappa shape index (κ2) is 12.4. The Balaban J connectivity index is 2.55. The summed E-state index contributed by atoms with van der Waals surface area (Å²) in [5.74, 6) is 1.03. The summed E-state index contributed by atoms with van der Waals surface area (Å²) in [7, 11) is -3.34. The molecule has 0 N–H and O–H groups in total.